The number of benzene rings is 4. The number of carbonyl (C=O) groups is 1. The number of fused-ring (bicyclic) bond motifs is 2. The van der Waals surface area contributed by atoms with E-state index in [1.165, 1.54) is 16.3 Å². The molecule has 0 unspecified atom stereocenters. The third kappa shape index (κ3) is 4.45. The van der Waals surface area contributed by atoms with Gasteiger partial charge in [-0.25, -0.2) is 0 Å². The summed E-state index contributed by atoms with van der Waals surface area (Å²) in [5.74, 6) is -0.410. The number of para-hydroxylation sites is 1. The van der Waals surface area contributed by atoms with E-state index in [1.54, 1.807) is 6.08 Å². The Labute approximate surface area is 204 Å². The van der Waals surface area contributed by atoms with Crippen molar-refractivity contribution in [2.45, 2.75) is 20.4 Å². The molecular formula is C31H25N3O. The first-order chi connectivity index (χ1) is 17.0. The van der Waals surface area contributed by atoms with Crippen LogP contribution in [0.3, 0.4) is 0 Å². The Morgan fingerprint density at radius 2 is 1.69 bits per heavy atom. The zero-order chi connectivity index (χ0) is 24.4. The number of rotatable bonds is 5. The third-order valence-electron chi connectivity index (χ3n) is 6.35. The second kappa shape index (κ2) is 9.32. The lowest BCUT2D eigenvalue weighted by molar-refractivity contribution is -0.112. The van der Waals surface area contributed by atoms with Crippen LogP contribution in [0.25, 0.3) is 27.8 Å². The highest BCUT2D eigenvalue weighted by Gasteiger charge is 2.14. The highest BCUT2D eigenvalue weighted by Crippen LogP contribution is 2.27. The first-order valence-electron chi connectivity index (χ1n) is 11.6. The van der Waals surface area contributed by atoms with E-state index < -0.39 is 5.91 Å². The summed E-state index contributed by atoms with van der Waals surface area (Å²) in [5.41, 5.74) is 5.89. The highest BCUT2D eigenvalue weighted by molar-refractivity contribution is 6.11. The Morgan fingerprint density at radius 3 is 2.51 bits per heavy atom. The fourth-order valence-electron chi connectivity index (χ4n) is 4.50. The summed E-state index contributed by atoms with van der Waals surface area (Å²) >= 11 is 0. The molecule has 35 heavy (non-hydrogen) atoms. The molecule has 0 aliphatic carbocycles. The molecule has 4 aromatic carbocycles. The van der Waals surface area contributed by atoms with Gasteiger partial charge in [-0.3, -0.25) is 4.79 Å². The van der Waals surface area contributed by atoms with E-state index in [4.69, 9.17) is 0 Å². The van der Waals surface area contributed by atoms with Crippen LogP contribution >= 0.6 is 0 Å². The molecule has 1 N–H and O–H groups in total. The third-order valence-corrected chi connectivity index (χ3v) is 6.35. The lowest BCUT2D eigenvalue weighted by Crippen LogP contribution is -2.14. The van der Waals surface area contributed by atoms with Crippen molar-refractivity contribution in [2.75, 3.05) is 5.32 Å². The number of hydrogen-bond acceptors (Lipinski definition) is 2. The van der Waals surface area contributed by atoms with Gasteiger partial charge in [0, 0.05) is 34.9 Å². The summed E-state index contributed by atoms with van der Waals surface area (Å²) in [6.45, 7) is 4.60. The minimum Gasteiger partial charge on any atom is -0.342 e. The SMILES string of the molecule is Cc1ccc(C)c(NC(=O)/C(C#N)=C/c2cn(Cc3cccc4ccccc34)c3ccccc23)c1. The molecule has 1 heterocycles. The van der Waals surface area contributed by atoms with Gasteiger partial charge >= 0.3 is 0 Å². The van der Waals surface area contributed by atoms with Crippen LogP contribution in [0.2, 0.25) is 0 Å². The normalized spacial score (nSPS) is 11.5. The molecule has 0 bridgehead atoms. The van der Waals surface area contributed by atoms with Gasteiger partial charge in [-0.1, -0.05) is 72.8 Å². The van der Waals surface area contributed by atoms with Gasteiger partial charge in [0.15, 0.2) is 0 Å². The smallest absolute Gasteiger partial charge is 0.266 e. The molecule has 0 aliphatic heterocycles. The van der Waals surface area contributed by atoms with Gasteiger partial charge in [0.25, 0.3) is 5.91 Å². The first-order valence-corrected chi connectivity index (χ1v) is 11.6. The zero-order valence-electron chi connectivity index (χ0n) is 19.7. The number of amides is 1. The van der Waals surface area contributed by atoms with E-state index in [2.05, 4.69) is 58.4 Å². The Balaban J connectivity index is 1.52. The molecule has 1 amide bonds. The molecule has 4 heteroatoms. The predicted molar refractivity (Wildman–Crippen MR) is 143 cm³/mol. The minimum absolute atomic E-state index is 0.0685. The van der Waals surface area contributed by atoms with Crippen LogP contribution in [0.4, 0.5) is 5.69 Å². The summed E-state index contributed by atoms with van der Waals surface area (Å²) in [6, 6.07) is 30.8. The van der Waals surface area contributed by atoms with Gasteiger partial charge in [0.05, 0.1) is 0 Å². The Bertz CT molecular complexity index is 1640. The fraction of sp³-hybridized carbons (Fsp3) is 0.0968. The standard InChI is InChI=1S/C31H25N3O/c1-21-14-15-22(2)29(16-21)33-31(35)25(18-32)17-26-20-34(30-13-6-5-12-28(26)30)19-24-10-7-9-23-8-3-4-11-27(23)24/h3-17,20H,19H2,1-2H3,(H,33,35)/b25-17+. The van der Waals surface area contributed by atoms with Crippen molar-refractivity contribution in [3.05, 3.63) is 119 Å². The average Bonchev–Trinajstić information content (AvgIpc) is 3.22. The van der Waals surface area contributed by atoms with E-state index in [0.29, 0.717) is 6.54 Å². The molecule has 0 spiro atoms. The average molecular weight is 456 g/mol. The van der Waals surface area contributed by atoms with Crippen molar-refractivity contribution in [1.82, 2.24) is 4.57 Å². The molecule has 0 saturated carbocycles. The summed E-state index contributed by atoms with van der Waals surface area (Å²) < 4.78 is 2.18. The molecule has 1 aromatic heterocycles. The molecule has 5 aromatic rings. The van der Waals surface area contributed by atoms with E-state index in [1.807, 2.05) is 62.5 Å². The van der Waals surface area contributed by atoms with Crippen LogP contribution < -0.4 is 5.32 Å². The van der Waals surface area contributed by atoms with Gasteiger partial charge in [0.2, 0.25) is 0 Å². The molecule has 5 rings (SSSR count). The summed E-state index contributed by atoms with van der Waals surface area (Å²) in [7, 11) is 0. The number of aromatic nitrogens is 1. The highest BCUT2D eigenvalue weighted by atomic mass is 16.1. The monoisotopic (exact) mass is 455 g/mol. The number of nitriles is 1. The van der Waals surface area contributed by atoms with Crippen molar-refractivity contribution < 1.29 is 4.79 Å². The Morgan fingerprint density at radius 1 is 0.943 bits per heavy atom. The zero-order valence-corrected chi connectivity index (χ0v) is 19.7. The second-order valence-electron chi connectivity index (χ2n) is 8.81. The number of nitrogens with zero attached hydrogens (tertiary/aromatic N) is 2. The maximum Gasteiger partial charge on any atom is 0.266 e. The van der Waals surface area contributed by atoms with Crippen molar-refractivity contribution in [3.63, 3.8) is 0 Å². The van der Waals surface area contributed by atoms with Crippen molar-refractivity contribution >= 4 is 39.3 Å². The van der Waals surface area contributed by atoms with Gasteiger partial charge in [-0.15, -0.1) is 0 Å². The van der Waals surface area contributed by atoms with Gasteiger partial charge in [-0.05, 0) is 59.5 Å². The van der Waals surface area contributed by atoms with Crippen LogP contribution in [-0.2, 0) is 11.3 Å². The number of carbonyl (C=O) groups excluding carboxylic acids is 1. The fourth-order valence-corrected chi connectivity index (χ4v) is 4.50. The molecule has 0 fully saturated rings. The van der Waals surface area contributed by atoms with Crippen LogP contribution in [0.1, 0.15) is 22.3 Å². The number of anilines is 1. The molecule has 0 radical (unpaired) electrons. The van der Waals surface area contributed by atoms with Crippen molar-refractivity contribution in [3.8, 4) is 6.07 Å². The number of nitrogens with one attached hydrogen (secondary N) is 1. The van der Waals surface area contributed by atoms with E-state index >= 15 is 0 Å². The van der Waals surface area contributed by atoms with E-state index in [0.717, 1.165) is 33.3 Å². The van der Waals surface area contributed by atoms with Crippen LogP contribution in [0.5, 0.6) is 0 Å². The largest absolute Gasteiger partial charge is 0.342 e. The lowest BCUT2D eigenvalue weighted by Gasteiger charge is -2.09. The summed E-state index contributed by atoms with van der Waals surface area (Å²) in [4.78, 5) is 13.0. The van der Waals surface area contributed by atoms with E-state index in [9.17, 15) is 10.1 Å². The summed E-state index contributed by atoms with van der Waals surface area (Å²) in [5, 5.41) is 16.1. The van der Waals surface area contributed by atoms with Crippen LogP contribution in [0.15, 0.2) is 96.7 Å². The summed E-state index contributed by atoms with van der Waals surface area (Å²) in [6.07, 6.45) is 3.71. The predicted octanol–water partition coefficient (Wildman–Crippen LogP) is 7.01. The first kappa shape index (κ1) is 22.2. The Hall–Kier alpha value is -4.62. The van der Waals surface area contributed by atoms with Crippen molar-refractivity contribution in [1.29, 1.82) is 5.26 Å². The maximum atomic E-state index is 13.0. The molecule has 0 saturated heterocycles. The number of hydrogen-bond donors (Lipinski definition) is 1. The quantitative estimate of drug-likeness (QED) is 0.229. The number of aryl methyl sites for hydroxylation is 2. The van der Waals surface area contributed by atoms with Crippen LogP contribution in [-0.4, -0.2) is 10.5 Å². The maximum absolute atomic E-state index is 13.0. The minimum atomic E-state index is -0.410. The lowest BCUT2D eigenvalue weighted by atomic mass is 10.0. The topological polar surface area (TPSA) is 57.8 Å². The van der Waals surface area contributed by atoms with E-state index in [-0.39, 0.29) is 5.57 Å². The van der Waals surface area contributed by atoms with Gasteiger partial charge in [0.1, 0.15) is 11.6 Å². The molecule has 0 atom stereocenters. The molecular weight excluding hydrogens is 430 g/mol. The molecule has 170 valence electrons. The molecule has 0 aliphatic rings. The van der Waals surface area contributed by atoms with Crippen molar-refractivity contribution in [2.24, 2.45) is 0 Å². The second-order valence-corrected chi connectivity index (χ2v) is 8.81. The van der Waals surface area contributed by atoms with Gasteiger partial charge < -0.3 is 9.88 Å². The van der Waals surface area contributed by atoms with Gasteiger partial charge in [-0.2, -0.15) is 5.26 Å². The van der Waals surface area contributed by atoms with Crippen LogP contribution in [0, 0.1) is 25.2 Å². The molecule has 4 nitrogen and oxygen atoms in total. The Kier molecular flexibility index (Phi) is 5.91.